The fraction of sp³-hybridized carbons (Fsp3) is 0.833. The van der Waals surface area contributed by atoms with Gasteiger partial charge in [-0.3, -0.25) is 4.90 Å². The summed E-state index contributed by atoms with van der Waals surface area (Å²) >= 11 is 3.62. The zero-order chi connectivity index (χ0) is 12.1. The summed E-state index contributed by atoms with van der Waals surface area (Å²) in [5.41, 5.74) is 0. The van der Waals surface area contributed by atoms with Gasteiger partial charge in [0.15, 0.2) is 0 Å². The summed E-state index contributed by atoms with van der Waals surface area (Å²) < 4.78 is 2.04. The quantitative estimate of drug-likeness (QED) is 0.783. The van der Waals surface area contributed by atoms with Gasteiger partial charge in [-0.15, -0.1) is 0 Å². The second kappa shape index (κ2) is 6.50. The Hall–Kier alpha value is -0.420. The molecular formula is C12H21BrN4. The van der Waals surface area contributed by atoms with Crippen molar-refractivity contribution < 1.29 is 0 Å². The van der Waals surface area contributed by atoms with Crippen LogP contribution in [0.5, 0.6) is 0 Å². The number of likely N-dealkylation sites (tertiary alicyclic amines) is 1. The van der Waals surface area contributed by atoms with Gasteiger partial charge < -0.3 is 0 Å². The van der Waals surface area contributed by atoms with Gasteiger partial charge in [0, 0.05) is 17.9 Å². The van der Waals surface area contributed by atoms with E-state index in [0.29, 0.717) is 6.04 Å². The molecule has 1 saturated heterocycles. The second-order valence-electron chi connectivity index (χ2n) is 4.67. The molecule has 0 saturated carbocycles. The molecule has 0 aromatic carbocycles. The summed E-state index contributed by atoms with van der Waals surface area (Å²) in [6.07, 6.45) is 6.75. The average Bonchev–Trinajstić information content (AvgIpc) is 2.78. The molecule has 0 aliphatic carbocycles. The van der Waals surface area contributed by atoms with Gasteiger partial charge in [0.1, 0.15) is 12.2 Å². The van der Waals surface area contributed by atoms with Crippen LogP contribution in [-0.2, 0) is 13.1 Å². The van der Waals surface area contributed by atoms with Crippen LogP contribution >= 0.6 is 15.9 Å². The molecular weight excluding hydrogens is 280 g/mol. The van der Waals surface area contributed by atoms with Crippen molar-refractivity contribution in [1.29, 1.82) is 0 Å². The Balaban J connectivity index is 2.00. The number of halogens is 1. The lowest BCUT2D eigenvalue weighted by atomic mass is 10.0. The fourth-order valence-corrected chi connectivity index (χ4v) is 3.17. The van der Waals surface area contributed by atoms with Gasteiger partial charge in [-0.25, -0.2) is 9.67 Å². The molecule has 0 bridgehead atoms. The molecule has 17 heavy (non-hydrogen) atoms. The molecule has 5 heteroatoms. The van der Waals surface area contributed by atoms with E-state index in [9.17, 15) is 0 Å². The van der Waals surface area contributed by atoms with Crippen LogP contribution in [0.3, 0.4) is 0 Å². The molecule has 1 aromatic rings. The van der Waals surface area contributed by atoms with Crippen molar-refractivity contribution in [3.05, 3.63) is 12.2 Å². The third-order valence-electron chi connectivity index (χ3n) is 3.40. The van der Waals surface area contributed by atoms with Gasteiger partial charge in [-0.1, -0.05) is 29.3 Å². The van der Waals surface area contributed by atoms with Crippen LogP contribution in [-0.4, -0.2) is 37.6 Å². The van der Waals surface area contributed by atoms with Crippen LogP contribution in [0.25, 0.3) is 0 Å². The third kappa shape index (κ3) is 3.28. The largest absolute Gasteiger partial charge is 0.292 e. The maximum atomic E-state index is 4.39. The van der Waals surface area contributed by atoms with E-state index in [1.165, 1.54) is 25.8 Å². The summed E-state index contributed by atoms with van der Waals surface area (Å²) in [7, 11) is 0. The first kappa shape index (κ1) is 13.0. The minimum atomic E-state index is 0.663. The molecule has 1 fully saturated rings. The maximum absolute atomic E-state index is 4.39. The van der Waals surface area contributed by atoms with E-state index in [4.69, 9.17) is 0 Å². The second-order valence-corrected chi connectivity index (χ2v) is 5.32. The monoisotopic (exact) mass is 300 g/mol. The molecule has 0 radical (unpaired) electrons. The SMILES string of the molecule is CCCn1ncnc1CN1CCCCC1CBr. The highest BCUT2D eigenvalue weighted by Gasteiger charge is 2.22. The molecule has 1 atom stereocenters. The van der Waals surface area contributed by atoms with Gasteiger partial charge in [0.05, 0.1) is 6.54 Å². The lowest BCUT2D eigenvalue weighted by Gasteiger charge is -2.34. The highest BCUT2D eigenvalue weighted by atomic mass is 79.9. The standard InChI is InChI=1S/C12H21BrN4/c1-2-6-17-12(14-10-15-17)9-16-7-4-3-5-11(16)8-13/h10-11H,2-9H2,1H3. The molecule has 4 nitrogen and oxygen atoms in total. The van der Waals surface area contributed by atoms with E-state index in [2.05, 4.69) is 37.8 Å². The average molecular weight is 301 g/mol. The van der Waals surface area contributed by atoms with Crippen LogP contribution in [0.4, 0.5) is 0 Å². The number of piperidine rings is 1. The van der Waals surface area contributed by atoms with Crippen molar-refractivity contribution in [2.45, 2.75) is 51.7 Å². The van der Waals surface area contributed by atoms with E-state index in [1.54, 1.807) is 6.33 Å². The first-order chi connectivity index (χ1) is 8.35. The summed E-state index contributed by atoms with van der Waals surface area (Å²) in [5, 5.41) is 5.35. The number of alkyl halides is 1. The summed E-state index contributed by atoms with van der Waals surface area (Å²) in [4.78, 5) is 6.93. The molecule has 1 aliphatic rings. The molecule has 0 amide bonds. The highest BCUT2D eigenvalue weighted by molar-refractivity contribution is 9.09. The van der Waals surface area contributed by atoms with E-state index >= 15 is 0 Å². The minimum absolute atomic E-state index is 0.663. The summed E-state index contributed by atoms with van der Waals surface area (Å²) in [5.74, 6) is 1.11. The predicted molar refractivity (Wildman–Crippen MR) is 72.2 cm³/mol. The first-order valence-corrected chi connectivity index (χ1v) is 7.64. The Morgan fingerprint density at radius 3 is 3.12 bits per heavy atom. The number of rotatable bonds is 5. The minimum Gasteiger partial charge on any atom is -0.292 e. The van der Waals surface area contributed by atoms with Crippen molar-refractivity contribution >= 4 is 15.9 Å². The molecule has 1 aromatic heterocycles. The van der Waals surface area contributed by atoms with E-state index < -0.39 is 0 Å². The van der Waals surface area contributed by atoms with Crippen molar-refractivity contribution in [3.8, 4) is 0 Å². The Labute approximate surface area is 112 Å². The molecule has 1 aliphatic heterocycles. The van der Waals surface area contributed by atoms with Gasteiger partial charge >= 0.3 is 0 Å². The predicted octanol–water partition coefficient (Wildman–Crippen LogP) is 2.44. The topological polar surface area (TPSA) is 34.0 Å². The number of hydrogen-bond acceptors (Lipinski definition) is 3. The van der Waals surface area contributed by atoms with Crippen molar-refractivity contribution in [1.82, 2.24) is 19.7 Å². The Kier molecular flexibility index (Phi) is 4.98. The number of hydrogen-bond donors (Lipinski definition) is 0. The van der Waals surface area contributed by atoms with Gasteiger partial charge in [0.25, 0.3) is 0 Å². The lowest BCUT2D eigenvalue weighted by Crippen LogP contribution is -2.40. The van der Waals surface area contributed by atoms with Crippen LogP contribution in [0, 0.1) is 0 Å². The molecule has 0 N–H and O–H groups in total. The zero-order valence-corrected chi connectivity index (χ0v) is 12.1. The van der Waals surface area contributed by atoms with Crippen molar-refractivity contribution in [2.24, 2.45) is 0 Å². The normalized spacial score (nSPS) is 21.9. The molecule has 1 unspecified atom stereocenters. The van der Waals surface area contributed by atoms with Gasteiger partial charge in [-0.2, -0.15) is 5.10 Å². The van der Waals surface area contributed by atoms with Crippen LogP contribution in [0.15, 0.2) is 6.33 Å². The van der Waals surface area contributed by atoms with Gasteiger partial charge in [0.2, 0.25) is 0 Å². The van der Waals surface area contributed by atoms with E-state index in [1.807, 2.05) is 4.68 Å². The van der Waals surface area contributed by atoms with E-state index in [0.717, 1.165) is 30.7 Å². The molecule has 2 heterocycles. The first-order valence-electron chi connectivity index (χ1n) is 6.51. The highest BCUT2D eigenvalue weighted by Crippen LogP contribution is 2.20. The Bertz CT molecular complexity index is 339. The van der Waals surface area contributed by atoms with Crippen LogP contribution in [0.2, 0.25) is 0 Å². The fourth-order valence-electron chi connectivity index (χ4n) is 2.43. The van der Waals surface area contributed by atoms with Crippen molar-refractivity contribution in [3.63, 3.8) is 0 Å². The van der Waals surface area contributed by atoms with Crippen LogP contribution < -0.4 is 0 Å². The van der Waals surface area contributed by atoms with E-state index in [-0.39, 0.29) is 0 Å². The third-order valence-corrected chi connectivity index (χ3v) is 4.15. The molecule has 96 valence electrons. The smallest absolute Gasteiger partial charge is 0.141 e. The number of aromatic nitrogens is 3. The summed E-state index contributed by atoms with van der Waals surface area (Å²) in [6.45, 7) is 5.28. The van der Waals surface area contributed by atoms with Crippen molar-refractivity contribution in [2.75, 3.05) is 11.9 Å². The molecule has 0 spiro atoms. The Morgan fingerprint density at radius 2 is 2.35 bits per heavy atom. The Morgan fingerprint density at radius 1 is 1.47 bits per heavy atom. The number of aryl methyl sites for hydroxylation is 1. The maximum Gasteiger partial charge on any atom is 0.141 e. The van der Waals surface area contributed by atoms with Crippen LogP contribution in [0.1, 0.15) is 38.4 Å². The zero-order valence-electron chi connectivity index (χ0n) is 10.5. The lowest BCUT2D eigenvalue weighted by molar-refractivity contribution is 0.150. The summed E-state index contributed by atoms with van der Waals surface area (Å²) in [6, 6.07) is 0.663. The number of nitrogens with zero attached hydrogens (tertiary/aromatic N) is 4. The van der Waals surface area contributed by atoms with Gasteiger partial charge in [-0.05, 0) is 25.8 Å². The molecule has 2 rings (SSSR count).